The standard InChI is InChI=1S/C13H17NO3/c1-3-7-11(13(16)17-2)14-12(15)10-8-5-4-6-9-10/h4-6,8-9,11H,3,7H2,1-2H3,(H,14,15)/t11-/m1/s1. The predicted molar refractivity (Wildman–Crippen MR) is 64.6 cm³/mol. The van der Waals surface area contributed by atoms with Crippen molar-refractivity contribution < 1.29 is 14.3 Å². The highest BCUT2D eigenvalue weighted by Gasteiger charge is 2.20. The number of amides is 1. The molecule has 4 heteroatoms. The summed E-state index contributed by atoms with van der Waals surface area (Å²) in [6, 6.07) is 8.23. The molecule has 0 aromatic heterocycles. The normalized spacial score (nSPS) is 11.6. The Labute approximate surface area is 101 Å². The Balaban J connectivity index is 2.67. The van der Waals surface area contributed by atoms with E-state index in [1.165, 1.54) is 7.11 Å². The quantitative estimate of drug-likeness (QED) is 0.791. The first-order valence-corrected chi connectivity index (χ1v) is 5.62. The van der Waals surface area contributed by atoms with Crippen molar-refractivity contribution >= 4 is 11.9 Å². The Hall–Kier alpha value is -1.84. The van der Waals surface area contributed by atoms with E-state index in [1.807, 2.05) is 13.0 Å². The molecule has 0 aliphatic rings. The minimum Gasteiger partial charge on any atom is -0.467 e. The summed E-state index contributed by atoms with van der Waals surface area (Å²) in [4.78, 5) is 23.3. The molecule has 0 aliphatic heterocycles. The highest BCUT2D eigenvalue weighted by molar-refractivity contribution is 5.96. The van der Waals surface area contributed by atoms with E-state index in [9.17, 15) is 9.59 Å². The van der Waals surface area contributed by atoms with Crippen molar-refractivity contribution in [2.45, 2.75) is 25.8 Å². The monoisotopic (exact) mass is 235 g/mol. The Morgan fingerprint density at radius 1 is 1.29 bits per heavy atom. The zero-order valence-electron chi connectivity index (χ0n) is 10.1. The fourth-order valence-electron chi connectivity index (χ4n) is 1.51. The maximum atomic E-state index is 11.8. The average Bonchev–Trinajstić information content (AvgIpc) is 2.38. The summed E-state index contributed by atoms with van der Waals surface area (Å²) in [6.07, 6.45) is 1.38. The summed E-state index contributed by atoms with van der Waals surface area (Å²) in [7, 11) is 1.32. The number of hydrogen-bond acceptors (Lipinski definition) is 3. The molecule has 1 amide bonds. The molecule has 1 atom stereocenters. The van der Waals surface area contributed by atoms with Gasteiger partial charge in [-0.15, -0.1) is 0 Å². The van der Waals surface area contributed by atoms with E-state index >= 15 is 0 Å². The van der Waals surface area contributed by atoms with Crippen LogP contribution in [-0.4, -0.2) is 25.0 Å². The van der Waals surface area contributed by atoms with Crippen molar-refractivity contribution in [2.24, 2.45) is 0 Å². The Morgan fingerprint density at radius 3 is 2.47 bits per heavy atom. The molecule has 0 spiro atoms. The minimum atomic E-state index is -0.572. The lowest BCUT2D eigenvalue weighted by molar-refractivity contribution is -0.143. The molecular weight excluding hydrogens is 218 g/mol. The van der Waals surface area contributed by atoms with Gasteiger partial charge in [0.05, 0.1) is 7.11 Å². The van der Waals surface area contributed by atoms with Crippen LogP contribution in [0.2, 0.25) is 0 Å². The van der Waals surface area contributed by atoms with Gasteiger partial charge in [-0.1, -0.05) is 31.5 Å². The second-order valence-corrected chi connectivity index (χ2v) is 3.70. The van der Waals surface area contributed by atoms with Crippen LogP contribution in [0.25, 0.3) is 0 Å². The summed E-state index contributed by atoms with van der Waals surface area (Å²) in [5, 5.41) is 2.67. The van der Waals surface area contributed by atoms with Gasteiger partial charge < -0.3 is 10.1 Å². The van der Waals surface area contributed by atoms with Crippen LogP contribution in [0.4, 0.5) is 0 Å². The van der Waals surface area contributed by atoms with Gasteiger partial charge in [-0.05, 0) is 18.6 Å². The van der Waals surface area contributed by atoms with Gasteiger partial charge in [-0.25, -0.2) is 4.79 Å². The van der Waals surface area contributed by atoms with Gasteiger partial charge in [-0.2, -0.15) is 0 Å². The molecule has 1 N–H and O–H groups in total. The third-order valence-corrected chi connectivity index (χ3v) is 2.40. The lowest BCUT2D eigenvalue weighted by Gasteiger charge is -2.15. The molecule has 92 valence electrons. The van der Waals surface area contributed by atoms with Crippen molar-refractivity contribution in [3.63, 3.8) is 0 Å². The molecule has 0 radical (unpaired) electrons. The molecule has 1 aromatic carbocycles. The van der Waals surface area contributed by atoms with Crippen molar-refractivity contribution in [1.29, 1.82) is 0 Å². The van der Waals surface area contributed by atoms with Crippen LogP contribution in [0.5, 0.6) is 0 Å². The fourth-order valence-corrected chi connectivity index (χ4v) is 1.51. The molecule has 4 nitrogen and oxygen atoms in total. The van der Waals surface area contributed by atoms with E-state index in [0.717, 1.165) is 6.42 Å². The maximum Gasteiger partial charge on any atom is 0.328 e. The number of methoxy groups -OCH3 is 1. The van der Waals surface area contributed by atoms with E-state index in [0.29, 0.717) is 12.0 Å². The predicted octanol–water partition coefficient (Wildman–Crippen LogP) is 1.76. The zero-order valence-corrected chi connectivity index (χ0v) is 10.1. The van der Waals surface area contributed by atoms with Crippen LogP contribution in [0.1, 0.15) is 30.1 Å². The van der Waals surface area contributed by atoms with Crippen molar-refractivity contribution in [2.75, 3.05) is 7.11 Å². The molecule has 0 bridgehead atoms. The van der Waals surface area contributed by atoms with Gasteiger partial charge in [0.25, 0.3) is 5.91 Å². The number of nitrogens with one attached hydrogen (secondary N) is 1. The molecular formula is C13H17NO3. The van der Waals surface area contributed by atoms with Crippen molar-refractivity contribution in [3.8, 4) is 0 Å². The summed E-state index contributed by atoms with van der Waals surface area (Å²) in [5.41, 5.74) is 0.539. The van der Waals surface area contributed by atoms with Gasteiger partial charge in [0.2, 0.25) is 0 Å². The third kappa shape index (κ3) is 3.90. The lowest BCUT2D eigenvalue weighted by atomic mass is 10.1. The zero-order chi connectivity index (χ0) is 12.7. The minimum absolute atomic E-state index is 0.255. The highest BCUT2D eigenvalue weighted by Crippen LogP contribution is 2.03. The topological polar surface area (TPSA) is 55.4 Å². The van der Waals surface area contributed by atoms with E-state index < -0.39 is 12.0 Å². The summed E-state index contributed by atoms with van der Waals surface area (Å²) < 4.78 is 4.65. The number of hydrogen-bond donors (Lipinski definition) is 1. The number of esters is 1. The third-order valence-electron chi connectivity index (χ3n) is 2.40. The van der Waals surface area contributed by atoms with E-state index in [1.54, 1.807) is 24.3 Å². The molecule has 0 heterocycles. The molecule has 0 fully saturated rings. The van der Waals surface area contributed by atoms with Crippen LogP contribution in [0.15, 0.2) is 30.3 Å². The van der Waals surface area contributed by atoms with Crippen LogP contribution < -0.4 is 5.32 Å². The van der Waals surface area contributed by atoms with Crippen LogP contribution in [0.3, 0.4) is 0 Å². The number of rotatable bonds is 5. The number of benzene rings is 1. The summed E-state index contributed by atoms with van der Waals surface area (Å²) in [6.45, 7) is 1.95. The molecule has 0 saturated carbocycles. The van der Waals surface area contributed by atoms with Crippen LogP contribution in [-0.2, 0) is 9.53 Å². The second-order valence-electron chi connectivity index (χ2n) is 3.70. The molecule has 1 aromatic rings. The van der Waals surface area contributed by atoms with Gasteiger partial charge >= 0.3 is 5.97 Å². The Morgan fingerprint density at radius 2 is 1.94 bits per heavy atom. The summed E-state index contributed by atoms with van der Waals surface area (Å²) >= 11 is 0. The first kappa shape index (κ1) is 13.2. The largest absolute Gasteiger partial charge is 0.467 e. The van der Waals surface area contributed by atoms with E-state index in [2.05, 4.69) is 10.1 Å². The van der Waals surface area contributed by atoms with E-state index in [-0.39, 0.29) is 5.91 Å². The Kier molecular flexibility index (Phi) is 5.20. The lowest BCUT2D eigenvalue weighted by Crippen LogP contribution is -2.41. The number of carbonyl (C=O) groups is 2. The summed E-state index contributed by atoms with van der Waals surface area (Å²) in [5.74, 6) is -0.661. The van der Waals surface area contributed by atoms with Crippen molar-refractivity contribution in [3.05, 3.63) is 35.9 Å². The van der Waals surface area contributed by atoms with Crippen LogP contribution >= 0.6 is 0 Å². The molecule has 0 unspecified atom stereocenters. The first-order chi connectivity index (χ1) is 8.19. The molecule has 0 saturated heterocycles. The van der Waals surface area contributed by atoms with Gasteiger partial charge in [-0.3, -0.25) is 4.79 Å². The Bertz CT molecular complexity index is 376. The highest BCUT2D eigenvalue weighted by atomic mass is 16.5. The molecule has 17 heavy (non-hydrogen) atoms. The fraction of sp³-hybridized carbons (Fsp3) is 0.385. The maximum absolute atomic E-state index is 11.8. The molecule has 1 rings (SSSR count). The van der Waals surface area contributed by atoms with Crippen molar-refractivity contribution in [1.82, 2.24) is 5.32 Å². The van der Waals surface area contributed by atoms with Gasteiger partial charge in [0.15, 0.2) is 0 Å². The smallest absolute Gasteiger partial charge is 0.328 e. The number of carbonyl (C=O) groups excluding carboxylic acids is 2. The van der Waals surface area contributed by atoms with Gasteiger partial charge in [0.1, 0.15) is 6.04 Å². The average molecular weight is 235 g/mol. The van der Waals surface area contributed by atoms with E-state index in [4.69, 9.17) is 0 Å². The SMILES string of the molecule is CCC[C@@H](NC(=O)c1ccccc1)C(=O)OC. The molecule has 0 aliphatic carbocycles. The number of ether oxygens (including phenoxy) is 1. The van der Waals surface area contributed by atoms with Crippen LogP contribution in [0, 0.1) is 0 Å². The second kappa shape index (κ2) is 6.68. The van der Waals surface area contributed by atoms with Gasteiger partial charge in [0, 0.05) is 5.56 Å². The first-order valence-electron chi connectivity index (χ1n) is 5.62.